The number of piperazine rings is 1. The van der Waals surface area contributed by atoms with E-state index >= 15 is 0 Å². The highest BCUT2D eigenvalue weighted by molar-refractivity contribution is 9.10. The van der Waals surface area contributed by atoms with E-state index in [4.69, 9.17) is 0 Å². The van der Waals surface area contributed by atoms with Gasteiger partial charge >= 0.3 is 6.18 Å². The molecule has 4 aromatic rings. The average molecular weight is 628 g/mol. The normalized spacial score (nSPS) is 16.4. The van der Waals surface area contributed by atoms with Crippen LogP contribution in [-0.2, 0) is 25.7 Å². The Morgan fingerprint density at radius 3 is 2.63 bits per heavy atom. The van der Waals surface area contributed by atoms with Crippen molar-refractivity contribution in [1.29, 1.82) is 0 Å². The molecule has 0 radical (unpaired) electrons. The molecule has 2 aliphatic heterocycles. The number of likely N-dealkylation sites (N-methyl/N-ethyl adjacent to an activating group) is 1. The van der Waals surface area contributed by atoms with Crippen molar-refractivity contribution in [2.24, 2.45) is 0 Å². The number of aromatic amines is 1. The number of benzene rings is 2. The third kappa shape index (κ3) is 5.95. The highest BCUT2D eigenvalue weighted by Crippen LogP contribution is 2.35. The number of aromatic nitrogens is 3. The molecular weight excluding hydrogens is 599 g/mol. The van der Waals surface area contributed by atoms with E-state index in [0.717, 1.165) is 54.3 Å². The van der Waals surface area contributed by atoms with Crippen LogP contribution >= 0.6 is 15.9 Å². The Labute approximate surface area is 243 Å². The zero-order chi connectivity index (χ0) is 28.7. The lowest BCUT2D eigenvalue weighted by Gasteiger charge is -2.33. The topological polar surface area (TPSA) is 80.4 Å². The van der Waals surface area contributed by atoms with Crippen molar-refractivity contribution in [2.75, 3.05) is 50.0 Å². The Kier molecular flexibility index (Phi) is 7.47. The van der Waals surface area contributed by atoms with E-state index in [2.05, 4.69) is 46.2 Å². The standard InChI is InChI=1S/C29H29BrF3N7O/c1-38-8-10-39(11-9-38)17-21-4-5-22(14-24(21)29(31,32)33)35-28(41)20-3-2-19-6-7-40(25(19)13-20)16-18-12-23-26(30)36-37-27(23)34-15-18/h2-5,12-15H,6-11,16-17H2,1H3,(H,35,41)(H,34,36,37). The number of alkyl halides is 3. The molecule has 214 valence electrons. The Morgan fingerprint density at radius 1 is 1.05 bits per heavy atom. The molecule has 1 amide bonds. The predicted octanol–water partition coefficient (Wildman–Crippen LogP) is 5.30. The maximum Gasteiger partial charge on any atom is 0.416 e. The van der Waals surface area contributed by atoms with E-state index < -0.39 is 17.6 Å². The van der Waals surface area contributed by atoms with Gasteiger partial charge in [0, 0.05) is 68.9 Å². The predicted molar refractivity (Wildman–Crippen MR) is 155 cm³/mol. The molecule has 0 spiro atoms. The van der Waals surface area contributed by atoms with E-state index in [1.165, 1.54) is 6.07 Å². The molecule has 0 bridgehead atoms. The zero-order valence-corrected chi connectivity index (χ0v) is 24.0. The van der Waals surface area contributed by atoms with Gasteiger partial charge in [-0.1, -0.05) is 12.1 Å². The summed E-state index contributed by atoms with van der Waals surface area (Å²) in [5, 5.41) is 10.6. The minimum atomic E-state index is -4.53. The lowest BCUT2D eigenvalue weighted by atomic mass is 10.0. The van der Waals surface area contributed by atoms with Crippen LogP contribution < -0.4 is 10.2 Å². The van der Waals surface area contributed by atoms with Gasteiger partial charge in [0.1, 0.15) is 4.60 Å². The van der Waals surface area contributed by atoms with Gasteiger partial charge in [0.05, 0.1) is 10.9 Å². The van der Waals surface area contributed by atoms with Crippen molar-refractivity contribution in [2.45, 2.75) is 25.7 Å². The van der Waals surface area contributed by atoms with E-state index in [9.17, 15) is 18.0 Å². The lowest BCUT2D eigenvalue weighted by Crippen LogP contribution is -2.44. The first-order valence-corrected chi connectivity index (χ1v) is 14.2. The fourth-order valence-electron chi connectivity index (χ4n) is 5.48. The van der Waals surface area contributed by atoms with Gasteiger partial charge in [-0.15, -0.1) is 0 Å². The summed E-state index contributed by atoms with van der Waals surface area (Å²) in [5.41, 5.74) is 3.74. The molecule has 2 aromatic carbocycles. The van der Waals surface area contributed by atoms with Crippen molar-refractivity contribution in [1.82, 2.24) is 25.0 Å². The Morgan fingerprint density at radius 2 is 1.85 bits per heavy atom. The number of hydrogen-bond donors (Lipinski definition) is 2. The van der Waals surface area contributed by atoms with Gasteiger partial charge in [-0.3, -0.25) is 14.8 Å². The van der Waals surface area contributed by atoms with Crippen molar-refractivity contribution < 1.29 is 18.0 Å². The summed E-state index contributed by atoms with van der Waals surface area (Å²) in [7, 11) is 2.01. The fourth-order valence-corrected chi connectivity index (χ4v) is 5.87. The molecule has 1 fully saturated rings. The third-order valence-corrected chi connectivity index (χ3v) is 8.41. The number of rotatable bonds is 6. The average Bonchev–Trinajstić information content (AvgIpc) is 3.52. The van der Waals surface area contributed by atoms with E-state index in [0.29, 0.717) is 35.4 Å². The number of fused-ring (bicyclic) bond motifs is 2. The van der Waals surface area contributed by atoms with Crippen LogP contribution in [0.4, 0.5) is 24.5 Å². The number of carbonyl (C=O) groups excluding carboxylic acids is 1. The molecule has 8 nitrogen and oxygen atoms in total. The van der Waals surface area contributed by atoms with Crippen LogP contribution in [0.1, 0.15) is 32.6 Å². The minimum absolute atomic E-state index is 0.117. The molecule has 0 atom stereocenters. The number of H-pyrrole nitrogens is 1. The van der Waals surface area contributed by atoms with Crippen LogP contribution in [0.15, 0.2) is 53.3 Å². The molecule has 0 unspecified atom stereocenters. The number of halogens is 4. The number of hydrogen-bond acceptors (Lipinski definition) is 6. The smallest absolute Gasteiger partial charge is 0.367 e. The van der Waals surface area contributed by atoms with E-state index in [-0.39, 0.29) is 17.8 Å². The summed E-state index contributed by atoms with van der Waals surface area (Å²) in [5.74, 6) is -0.454. The highest BCUT2D eigenvalue weighted by atomic mass is 79.9. The molecule has 1 saturated heterocycles. The van der Waals surface area contributed by atoms with Crippen LogP contribution in [0.2, 0.25) is 0 Å². The summed E-state index contributed by atoms with van der Waals surface area (Å²) in [6.45, 7) is 4.68. The fraction of sp³-hybridized carbons (Fsp3) is 0.345. The quantitative estimate of drug-likeness (QED) is 0.302. The van der Waals surface area contributed by atoms with E-state index in [1.807, 2.05) is 30.1 Å². The molecule has 0 aliphatic carbocycles. The summed E-state index contributed by atoms with van der Waals surface area (Å²) >= 11 is 3.43. The molecule has 2 aliphatic rings. The SMILES string of the molecule is CN1CCN(Cc2ccc(NC(=O)c3ccc4c(c3)N(Cc3cnc5[nH]nc(Br)c5c3)CC4)cc2C(F)(F)F)CC1. The van der Waals surface area contributed by atoms with Gasteiger partial charge in [-0.25, -0.2) is 4.98 Å². The molecule has 4 heterocycles. The maximum absolute atomic E-state index is 14.0. The third-order valence-electron chi connectivity index (χ3n) is 7.80. The molecule has 6 rings (SSSR count). The Bertz CT molecular complexity index is 1600. The van der Waals surface area contributed by atoms with Crippen molar-refractivity contribution >= 4 is 44.2 Å². The number of pyridine rings is 1. The first-order chi connectivity index (χ1) is 19.6. The molecule has 0 saturated carbocycles. The lowest BCUT2D eigenvalue weighted by molar-refractivity contribution is -0.138. The van der Waals surface area contributed by atoms with Gasteiger partial charge in [0.2, 0.25) is 0 Å². The number of anilines is 2. The summed E-state index contributed by atoms with van der Waals surface area (Å²) < 4.78 is 42.7. The Hall–Kier alpha value is -3.48. The van der Waals surface area contributed by atoms with Crippen LogP contribution in [-0.4, -0.2) is 70.7 Å². The van der Waals surface area contributed by atoms with Crippen molar-refractivity contribution in [3.05, 3.63) is 81.1 Å². The second-order valence-corrected chi connectivity index (χ2v) is 11.4. The number of amides is 1. The molecule has 12 heteroatoms. The van der Waals surface area contributed by atoms with Gasteiger partial charge in [-0.05, 0) is 76.4 Å². The second-order valence-electron chi connectivity index (χ2n) is 10.7. The van der Waals surface area contributed by atoms with Crippen LogP contribution in [0.3, 0.4) is 0 Å². The van der Waals surface area contributed by atoms with Crippen LogP contribution in [0.25, 0.3) is 11.0 Å². The summed E-state index contributed by atoms with van der Waals surface area (Å²) in [6, 6.07) is 11.5. The number of nitrogens with zero attached hydrogens (tertiary/aromatic N) is 5. The largest absolute Gasteiger partial charge is 0.416 e. The zero-order valence-electron chi connectivity index (χ0n) is 22.4. The maximum atomic E-state index is 14.0. The van der Waals surface area contributed by atoms with Gasteiger partial charge < -0.3 is 15.1 Å². The highest BCUT2D eigenvalue weighted by Gasteiger charge is 2.34. The summed E-state index contributed by atoms with van der Waals surface area (Å²) in [4.78, 5) is 24.0. The molecular formula is C29H29BrF3N7O. The van der Waals surface area contributed by atoms with Gasteiger partial charge in [0.25, 0.3) is 5.91 Å². The number of carbonyl (C=O) groups is 1. The Balaban J connectivity index is 1.18. The molecule has 41 heavy (non-hydrogen) atoms. The second kappa shape index (κ2) is 11.1. The van der Waals surface area contributed by atoms with Gasteiger partial charge in [-0.2, -0.15) is 18.3 Å². The van der Waals surface area contributed by atoms with E-state index in [1.54, 1.807) is 18.3 Å². The monoisotopic (exact) mass is 627 g/mol. The first-order valence-electron chi connectivity index (χ1n) is 13.4. The summed E-state index contributed by atoms with van der Waals surface area (Å²) in [6.07, 6.45) is -1.89. The van der Waals surface area contributed by atoms with Crippen molar-refractivity contribution in [3.8, 4) is 0 Å². The molecule has 2 N–H and O–H groups in total. The molecule has 2 aromatic heterocycles. The number of nitrogens with one attached hydrogen (secondary N) is 2. The van der Waals surface area contributed by atoms with Crippen LogP contribution in [0, 0.1) is 0 Å². The first kappa shape index (κ1) is 27.7. The van der Waals surface area contributed by atoms with Gasteiger partial charge in [0.15, 0.2) is 5.65 Å². The van der Waals surface area contributed by atoms with Crippen LogP contribution in [0.5, 0.6) is 0 Å². The minimum Gasteiger partial charge on any atom is -0.367 e. The van der Waals surface area contributed by atoms with Crippen molar-refractivity contribution in [3.63, 3.8) is 0 Å².